The molecular formula is C13H19Cl2N6O2P. The fourth-order valence-corrected chi connectivity index (χ4v) is 2.74. The highest BCUT2D eigenvalue weighted by atomic mass is 35.9. The van der Waals surface area contributed by atoms with Crippen LogP contribution >= 0.6 is 28.3 Å². The Labute approximate surface area is 149 Å². The van der Waals surface area contributed by atoms with Crippen LogP contribution in [0.1, 0.15) is 13.8 Å². The van der Waals surface area contributed by atoms with Crippen LogP contribution in [0.5, 0.6) is 0 Å². The minimum absolute atomic E-state index is 0.183. The van der Waals surface area contributed by atoms with E-state index >= 15 is 0 Å². The molecule has 0 bridgehead atoms. The Morgan fingerprint density at radius 3 is 2.75 bits per heavy atom. The zero-order chi connectivity index (χ0) is 17.6. The lowest BCUT2D eigenvalue weighted by atomic mass is 10.5. The van der Waals surface area contributed by atoms with E-state index in [2.05, 4.69) is 38.7 Å². The molecule has 0 spiro atoms. The molecule has 0 aliphatic carbocycles. The van der Waals surface area contributed by atoms with Crippen molar-refractivity contribution in [2.45, 2.75) is 20.4 Å². The summed E-state index contributed by atoms with van der Waals surface area (Å²) in [5.74, 6) is -2.69. The SMILES string of the molecule is CCN(C=Nc1ncnc2c1ncn2CCOCP(=O)(Cl)Cl)CC. The Hall–Kier alpha value is -1.21. The first-order valence-corrected chi connectivity index (χ1v) is 11.1. The van der Waals surface area contributed by atoms with Crippen LogP contribution in [0, 0.1) is 0 Å². The smallest absolute Gasteiger partial charge is 0.277 e. The van der Waals surface area contributed by atoms with Crippen LogP contribution in [-0.4, -0.2) is 56.8 Å². The molecule has 8 nitrogen and oxygen atoms in total. The van der Waals surface area contributed by atoms with Crippen LogP contribution < -0.4 is 0 Å². The molecule has 2 heterocycles. The third kappa shape index (κ3) is 5.41. The van der Waals surface area contributed by atoms with Crippen LogP contribution in [0.2, 0.25) is 0 Å². The number of fused-ring (bicyclic) bond motifs is 1. The lowest BCUT2D eigenvalue weighted by Crippen LogP contribution is -2.20. The van der Waals surface area contributed by atoms with Crippen molar-refractivity contribution >= 4 is 51.6 Å². The summed E-state index contributed by atoms with van der Waals surface area (Å²) in [6.07, 6.45) is 4.65. The molecule has 2 aromatic heterocycles. The van der Waals surface area contributed by atoms with Gasteiger partial charge in [-0.3, -0.25) is 4.57 Å². The Morgan fingerprint density at radius 1 is 1.33 bits per heavy atom. The maximum absolute atomic E-state index is 11.2. The Balaban J connectivity index is 2.09. The van der Waals surface area contributed by atoms with Crippen LogP contribution in [0.4, 0.5) is 5.82 Å². The van der Waals surface area contributed by atoms with E-state index in [1.807, 2.05) is 0 Å². The topological polar surface area (TPSA) is 85.5 Å². The van der Waals surface area contributed by atoms with Crippen molar-refractivity contribution in [2.24, 2.45) is 4.99 Å². The third-order valence-electron chi connectivity index (χ3n) is 3.26. The van der Waals surface area contributed by atoms with Gasteiger partial charge >= 0.3 is 0 Å². The van der Waals surface area contributed by atoms with Gasteiger partial charge in [-0.15, -0.1) is 0 Å². The molecule has 0 N–H and O–H groups in total. The second-order valence-electron chi connectivity index (χ2n) is 4.88. The molecule has 0 atom stereocenters. The number of aromatic nitrogens is 4. The minimum atomic E-state index is -3.21. The molecule has 11 heteroatoms. The van der Waals surface area contributed by atoms with Crippen molar-refractivity contribution < 1.29 is 9.30 Å². The van der Waals surface area contributed by atoms with Crippen molar-refractivity contribution in [3.05, 3.63) is 12.7 Å². The average molecular weight is 393 g/mol. The van der Waals surface area contributed by atoms with Crippen LogP contribution in [-0.2, 0) is 15.8 Å². The standard InChI is InChI=1S/C13H19Cl2N6O2P/c1-3-20(4-2)8-19-12-11-13(17-7-16-12)21(9-18-11)5-6-23-10-24(14,15)22/h7-9H,3-6,10H2,1-2H3. The van der Waals surface area contributed by atoms with Crippen molar-refractivity contribution in [3.63, 3.8) is 0 Å². The van der Waals surface area contributed by atoms with E-state index < -0.39 is 5.85 Å². The van der Waals surface area contributed by atoms with E-state index in [1.54, 1.807) is 17.2 Å². The molecule has 0 amide bonds. The fourth-order valence-electron chi connectivity index (χ4n) is 1.98. The fraction of sp³-hybridized carbons (Fsp3) is 0.538. The predicted molar refractivity (Wildman–Crippen MR) is 96.5 cm³/mol. The van der Waals surface area contributed by atoms with Gasteiger partial charge < -0.3 is 14.2 Å². The van der Waals surface area contributed by atoms with E-state index in [9.17, 15) is 4.57 Å². The molecule has 0 unspecified atom stereocenters. The minimum Gasteiger partial charge on any atom is -0.369 e. The van der Waals surface area contributed by atoms with E-state index in [1.165, 1.54) is 6.33 Å². The van der Waals surface area contributed by atoms with Crippen LogP contribution in [0.3, 0.4) is 0 Å². The number of ether oxygens (including phenoxy) is 1. The highest BCUT2D eigenvalue weighted by Gasteiger charge is 2.14. The van der Waals surface area contributed by atoms with Crippen molar-refractivity contribution in [1.82, 2.24) is 24.4 Å². The summed E-state index contributed by atoms with van der Waals surface area (Å²) in [7, 11) is 0. The number of rotatable bonds is 9. The van der Waals surface area contributed by atoms with Gasteiger partial charge in [0.1, 0.15) is 12.7 Å². The van der Waals surface area contributed by atoms with E-state index in [-0.39, 0.29) is 13.0 Å². The second kappa shape index (κ2) is 8.76. The molecular weight excluding hydrogens is 374 g/mol. The predicted octanol–water partition coefficient (Wildman–Crippen LogP) is 3.47. The van der Waals surface area contributed by atoms with Gasteiger partial charge in [0.05, 0.1) is 19.3 Å². The van der Waals surface area contributed by atoms with Crippen molar-refractivity contribution in [2.75, 3.05) is 26.0 Å². The lowest BCUT2D eigenvalue weighted by Gasteiger charge is -2.13. The third-order valence-corrected chi connectivity index (χ3v) is 4.32. The second-order valence-corrected chi connectivity index (χ2v) is 10.1. The first-order valence-electron chi connectivity index (χ1n) is 7.44. The zero-order valence-electron chi connectivity index (χ0n) is 13.5. The summed E-state index contributed by atoms with van der Waals surface area (Å²) in [5, 5.41) is 0. The largest absolute Gasteiger partial charge is 0.369 e. The Morgan fingerprint density at radius 2 is 2.08 bits per heavy atom. The first kappa shape index (κ1) is 19.1. The highest BCUT2D eigenvalue weighted by Crippen LogP contribution is 2.56. The maximum Gasteiger partial charge on any atom is 0.277 e. The Kier molecular flexibility index (Phi) is 6.98. The first-order chi connectivity index (χ1) is 11.4. The summed E-state index contributed by atoms with van der Waals surface area (Å²) < 4.78 is 18.2. The Bertz CT molecular complexity index is 743. The van der Waals surface area contributed by atoms with Gasteiger partial charge in [-0.2, -0.15) is 0 Å². The highest BCUT2D eigenvalue weighted by molar-refractivity contribution is 8.08. The van der Waals surface area contributed by atoms with Gasteiger partial charge in [0.15, 0.2) is 17.0 Å². The molecule has 0 aromatic carbocycles. The molecule has 0 fully saturated rings. The summed E-state index contributed by atoms with van der Waals surface area (Å²) in [4.78, 5) is 19.2. The summed E-state index contributed by atoms with van der Waals surface area (Å²) in [6, 6.07) is 0. The monoisotopic (exact) mass is 392 g/mol. The normalized spacial score (nSPS) is 12.3. The van der Waals surface area contributed by atoms with E-state index in [0.717, 1.165) is 13.1 Å². The van der Waals surface area contributed by atoms with Gasteiger partial charge in [0, 0.05) is 19.6 Å². The number of aliphatic imine (C=N–C) groups is 1. The quantitative estimate of drug-likeness (QED) is 0.281. The maximum atomic E-state index is 11.2. The molecule has 24 heavy (non-hydrogen) atoms. The summed E-state index contributed by atoms with van der Waals surface area (Å²) in [6.45, 7) is 6.61. The van der Waals surface area contributed by atoms with Gasteiger partial charge in [0.25, 0.3) is 5.85 Å². The molecule has 0 saturated heterocycles. The zero-order valence-corrected chi connectivity index (χ0v) is 15.9. The van der Waals surface area contributed by atoms with Gasteiger partial charge in [0.2, 0.25) is 0 Å². The number of halogens is 2. The number of imidazole rings is 1. The molecule has 0 saturated carbocycles. The number of hydrogen-bond donors (Lipinski definition) is 0. The molecule has 0 aliphatic heterocycles. The molecule has 0 radical (unpaired) electrons. The van der Waals surface area contributed by atoms with Crippen molar-refractivity contribution in [1.29, 1.82) is 0 Å². The van der Waals surface area contributed by atoms with Gasteiger partial charge in [-0.25, -0.2) is 19.9 Å². The van der Waals surface area contributed by atoms with E-state index in [0.29, 0.717) is 23.5 Å². The molecule has 0 aliphatic rings. The van der Waals surface area contributed by atoms with E-state index in [4.69, 9.17) is 27.2 Å². The van der Waals surface area contributed by atoms with Gasteiger partial charge in [-0.1, -0.05) is 0 Å². The number of hydrogen-bond acceptors (Lipinski definition) is 6. The molecule has 2 rings (SSSR count). The van der Waals surface area contributed by atoms with Crippen LogP contribution in [0.15, 0.2) is 17.6 Å². The van der Waals surface area contributed by atoms with Crippen LogP contribution in [0.25, 0.3) is 11.2 Å². The number of nitrogens with zero attached hydrogens (tertiary/aromatic N) is 6. The van der Waals surface area contributed by atoms with Gasteiger partial charge in [-0.05, 0) is 36.3 Å². The molecule has 2 aromatic rings. The summed E-state index contributed by atoms with van der Waals surface area (Å²) >= 11 is 10.9. The summed E-state index contributed by atoms with van der Waals surface area (Å²) in [5.41, 5.74) is 1.27. The lowest BCUT2D eigenvalue weighted by molar-refractivity contribution is 0.169. The average Bonchev–Trinajstić information content (AvgIpc) is 2.95. The van der Waals surface area contributed by atoms with Crippen molar-refractivity contribution in [3.8, 4) is 0 Å². The molecule has 132 valence electrons.